The Morgan fingerprint density at radius 2 is 1.84 bits per heavy atom. The van der Waals surface area contributed by atoms with E-state index in [1.54, 1.807) is 13.2 Å². The molecule has 5 nitrogen and oxygen atoms in total. The number of fused-ring (bicyclic) bond motifs is 5. The minimum atomic E-state index is -0.609. The molecule has 3 fully saturated rings. The molecule has 5 heteroatoms. The van der Waals surface area contributed by atoms with Gasteiger partial charge in [0.15, 0.2) is 0 Å². The van der Waals surface area contributed by atoms with Crippen LogP contribution in [0, 0.1) is 34.5 Å². The van der Waals surface area contributed by atoms with E-state index in [1.807, 2.05) is 24.3 Å². The van der Waals surface area contributed by atoms with Gasteiger partial charge >= 0.3 is 5.97 Å². The van der Waals surface area contributed by atoms with Crippen molar-refractivity contribution in [3.05, 3.63) is 42.0 Å². The van der Waals surface area contributed by atoms with Gasteiger partial charge in [0.05, 0.1) is 13.0 Å². The van der Waals surface area contributed by atoms with Crippen molar-refractivity contribution in [2.24, 2.45) is 34.5 Å². The maximum atomic E-state index is 13.0. The summed E-state index contributed by atoms with van der Waals surface area (Å²) in [5.41, 5.74) is 0.995. The Labute approximate surface area is 190 Å². The molecule has 32 heavy (non-hydrogen) atoms. The summed E-state index contributed by atoms with van der Waals surface area (Å²) in [7, 11) is 1.66. The molecule has 0 aromatic heterocycles. The van der Waals surface area contributed by atoms with Crippen molar-refractivity contribution in [3.63, 3.8) is 0 Å². The summed E-state index contributed by atoms with van der Waals surface area (Å²) in [6, 6.07) is 8.20. The van der Waals surface area contributed by atoms with E-state index in [1.165, 1.54) is 0 Å². The van der Waals surface area contributed by atoms with Crippen molar-refractivity contribution in [1.82, 2.24) is 4.90 Å². The van der Waals surface area contributed by atoms with Crippen LogP contribution >= 0.6 is 0 Å². The van der Waals surface area contributed by atoms with Crippen molar-refractivity contribution >= 4 is 11.9 Å². The number of aliphatic carboxylic acids is 1. The van der Waals surface area contributed by atoms with Crippen molar-refractivity contribution < 1.29 is 19.4 Å². The fraction of sp³-hybridized carbons (Fsp3) is 0.630. The van der Waals surface area contributed by atoms with Crippen molar-refractivity contribution in [2.45, 2.75) is 65.0 Å². The summed E-state index contributed by atoms with van der Waals surface area (Å²) in [5, 5.41) is 9.83. The predicted molar refractivity (Wildman–Crippen MR) is 122 cm³/mol. The van der Waals surface area contributed by atoms with Gasteiger partial charge in [0.25, 0.3) is 0 Å². The summed E-state index contributed by atoms with van der Waals surface area (Å²) in [6.07, 6.45) is 9.98. The summed E-state index contributed by atoms with van der Waals surface area (Å²) >= 11 is 0. The molecule has 4 aliphatic rings. The van der Waals surface area contributed by atoms with E-state index in [4.69, 9.17) is 4.74 Å². The lowest BCUT2D eigenvalue weighted by Gasteiger charge is -2.60. The molecule has 0 bridgehead atoms. The van der Waals surface area contributed by atoms with Crippen LogP contribution in [0.5, 0.6) is 5.75 Å². The Balaban J connectivity index is 1.41. The zero-order valence-electron chi connectivity index (χ0n) is 19.4. The van der Waals surface area contributed by atoms with Gasteiger partial charge in [-0.15, -0.1) is 0 Å². The number of carboxylic acid groups (broad SMARTS) is 1. The number of benzene rings is 1. The van der Waals surface area contributed by atoms with Gasteiger partial charge in [-0.05, 0) is 85.5 Å². The first-order valence-corrected chi connectivity index (χ1v) is 12.1. The first-order valence-electron chi connectivity index (χ1n) is 12.1. The van der Waals surface area contributed by atoms with E-state index < -0.39 is 5.97 Å². The lowest BCUT2D eigenvalue weighted by atomic mass is 9.47. The van der Waals surface area contributed by atoms with Crippen LogP contribution in [0.3, 0.4) is 0 Å². The molecule has 0 radical (unpaired) electrons. The molecule has 1 aliphatic heterocycles. The number of carbonyl (C=O) groups is 2. The molecule has 5 rings (SSSR count). The number of methoxy groups -OCH3 is 1. The second kappa shape index (κ2) is 7.64. The third-order valence-electron chi connectivity index (χ3n) is 9.78. The number of nitrogens with zero attached hydrogens (tertiary/aromatic N) is 1. The molecular formula is C27H35NO4. The highest BCUT2D eigenvalue weighted by Gasteiger charge is 2.61. The van der Waals surface area contributed by atoms with Crippen LogP contribution in [0.25, 0.3) is 0 Å². The SMILES string of the molecule is COc1ccc(CN2C(=O)C=CC3(C)C4CCC5(C)C(C(=O)O)CCC5C4CCC23)cc1. The minimum absolute atomic E-state index is 0.0497. The standard InChI is InChI=1S/C27H35NO4/c1-26-14-12-21-19(20(26)9-10-22(26)25(30)31)8-11-23-27(21,2)15-13-24(29)28(23)16-17-4-6-18(32-3)7-5-17/h4-7,13,15,19-23H,8-12,14,16H2,1-3H3,(H,30,31). The van der Waals surface area contributed by atoms with Crippen LogP contribution in [0.2, 0.25) is 0 Å². The van der Waals surface area contributed by atoms with Gasteiger partial charge in [-0.25, -0.2) is 0 Å². The first-order chi connectivity index (χ1) is 15.3. The quantitative estimate of drug-likeness (QED) is 0.727. The molecule has 1 aromatic carbocycles. The van der Waals surface area contributed by atoms with E-state index in [2.05, 4.69) is 24.8 Å². The zero-order chi connectivity index (χ0) is 22.7. The Kier molecular flexibility index (Phi) is 5.14. The normalized spacial score (nSPS) is 40.4. The fourth-order valence-corrected chi connectivity index (χ4v) is 8.12. The number of rotatable bonds is 4. The largest absolute Gasteiger partial charge is 0.497 e. The third kappa shape index (κ3) is 3.11. The van der Waals surface area contributed by atoms with E-state index >= 15 is 0 Å². The van der Waals surface area contributed by atoms with Gasteiger partial charge in [0, 0.05) is 18.0 Å². The minimum Gasteiger partial charge on any atom is -0.497 e. The van der Waals surface area contributed by atoms with Gasteiger partial charge in [-0.1, -0.05) is 32.1 Å². The molecule has 1 amide bonds. The average molecular weight is 438 g/mol. The van der Waals surface area contributed by atoms with Crippen molar-refractivity contribution in [1.29, 1.82) is 0 Å². The maximum absolute atomic E-state index is 13.0. The van der Waals surface area contributed by atoms with Crippen molar-refractivity contribution in [2.75, 3.05) is 7.11 Å². The molecule has 7 unspecified atom stereocenters. The van der Waals surface area contributed by atoms with Crippen molar-refractivity contribution in [3.8, 4) is 5.75 Å². The van der Waals surface area contributed by atoms with E-state index in [-0.39, 0.29) is 28.7 Å². The average Bonchev–Trinajstić information content (AvgIpc) is 3.14. The highest BCUT2D eigenvalue weighted by molar-refractivity contribution is 5.89. The number of carbonyl (C=O) groups excluding carboxylic acids is 1. The Bertz CT molecular complexity index is 939. The molecule has 1 heterocycles. The molecule has 3 saturated carbocycles. The van der Waals surface area contributed by atoms with Crippen LogP contribution in [0.4, 0.5) is 0 Å². The highest BCUT2D eigenvalue weighted by Crippen LogP contribution is 2.65. The summed E-state index contributed by atoms with van der Waals surface area (Å²) < 4.78 is 5.28. The third-order valence-corrected chi connectivity index (χ3v) is 9.78. The van der Waals surface area contributed by atoms with E-state index in [9.17, 15) is 14.7 Å². The lowest BCUT2D eigenvalue weighted by molar-refractivity contribution is -0.153. The molecule has 172 valence electrons. The molecular weight excluding hydrogens is 402 g/mol. The molecule has 1 aromatic rings. The number of ether oxygens (including phenoxy) is 1. The highest BCUT2D eigenvalue weighted by atomic mass is 16.5. The molecule has 7 atom stereocenters. The molecule has 1 N–H and O–H groups in total. The van der Waals surface area contributed by atoms with E-state index in [0.717, 1.165) is 49.8 Å². The topological polar surface area (TPSA) is 66.8 Å². The van der Waals surface area contributed by atoms with Gasteiger partial charge in [0.1, 0.15) is 5.75 Å². The molecule has 0 spiro atoms. The summed E-state index contributed by atoms with van der Waals surface area (Å²) in [6.45, 7) is 5.21. The second-order valence-electron chi connectivity index (χ2n) is 11.0. The van der Waals surface area contributed by atoms with Crippen LogP contribution in [0.15, 0.2) is 36.4 Å². The van der Waals surface area contributed by atoms with Crippen LogP contribution in [-0.4, -0.2) is 35.0 Å². The molecule has 0 saturated heterocycles. The monoisotopic (exact) mass is 437 g/mol. The maximum Gasteiger partial charge on any atom is 0.307 e. The lowest BCUT2D eigenvalue weighted by Crippen LogP contribution is -2.60. The van der Waals surface area contributed by atoms with Crippen LogP contribution in [-0.2, 0) is 16.1 Å². The van der Waals surface area contributed by atoms with E-state index in [0.29, 0.717) is 24.3 Å². The number of amides is 1. The molecule has 3 aliphatic carbocycles. The zero-order valence-corrected chi connectivity index (χ0v) is 19.4. The van der Waals surface area contributed by atoms with Gasteiger partial charge in [-0.3, -0.25) is 9.59 Å². The first kappa shape index (κ1) is 21.5. The van der Waals surface area contributed by atoms with Crippen LogP contribution in [0.1, 0.15) is 57.9 Å². The second-order valence-corrected chi connectivity index (χ2v) is 11.0. The summed E-state index contributed by atoms with van der Waals surface area (Å²) in [4.78, 5) is 27.0. The number of hydrogen-bond donors (Lipinski definition) is 1. The number of carboxylic acids is 1. The Hall–Kier alpha value is -2.30. The van der Waals surface area contributed by atoms with Gasteiger partial charge < -0.3 is 14.7 Å². The number of hydrogen-bond acceptors (Lipinski definition) is 3. The van der Waals surface area contributed by atoms with Crippen LogP contribution < -0.4 is 4.74 Å². The predicted octanol–water partition coefficient (Wildman–Crippen LogP) is 4.91. The fourth-order valence-electron chi connectivity index (χ4n) is 8.12. The smallest absolute Gasteiger partial charge is 0.307 e. The van der Waals surface area contributed by atoms with Gasteiger partial charge in [-0.2, -0.15) is 0 Å². The summed E-state index contributed by atoms with van der Waals surface area (Å²) in [5.74, 6) is 1.67. The Morgan fingerprint density at radius 3 is 2.53 bits per heavy atom. The Morgan fingerprint density at radius 1 is 1.09 bits per heavy atom. The van der Waals surface area contributed by atoms with Gasteiger partial charge in [0.2, 0.25) is 5.91 Å².